The Bertz CT molecular complexity index is 219. The van der Waals surface area contributed by atoms with Crippen LogP contribution in [-0.2, 0) is 14.3 Å². The largest absolute Gasteiger partial charge is 0.481 e. The molecule has 1 N–H and O–H groups in total. The van der Waals surface area contributed by atoms with Gasteiger partial charge in [-0.1, -0.05) is 0 Å². The second kappa shape index (κ2) is 4.41. The molecule has 0 aromatic rings. The van der Waals surface area contributed by atoms with E-state index in [0.717, 1.165) is 0 Å². The Balaban J connectivity index is 2.66. The molecule has 0 aliphatic carbocycles. The van der Waals surface area contributed by atoms with E-state index >= 15 is 0 Å². The molecule has 14 heavy (non-hydrogen) atoms. The van der Waals surface area contributed by atoms with E-state index in [-0.39, 0.29) is 12.0 Å². The third-order valence-electron chi connectivity index (χ3n) is 2.54. The molecule has 5 nitrogen and oxygen atoms in total. The second-order valence-electron chi connectivity index (χ2n) is 3.55. The van der Waals surface area contributed by atoms with Gasteiger partial charge in [-0.3, -0.25) is 9.59 Å². The first-order chi connectivity index (χ1) is 6.54. The maximum atomic E-state index is 11.1. The van der Waals surface area contributed by atoms with Gasteiger partial charge in [-0.15, -0.1) is 0 Å². The lowest BCUT2D eigenvalue weighted by Crippen LogP contribution is -2.48. The molecule has 1 amide bonds. The Morgan fingerprint density at radius 2 is 2.07 bits per heavy atom. The number of carboxylic acid groups (broad SMARTS) is 1. The molecule has 0 radical (unpaired) electrons. The van der Waals surface area contributed by atoms with E-state index in [4.69, 9.17) is 9.84 Å². The molecule has 80 valence electrons. The number of hydrogen-bond acceptors (Lipinski definition) is 3. The topological polar surface area (TPSA) is 66.8 Å². The number of carbonyl (C=O) groups excluding carboxylic acids is 1. The maximum Gasteiger partial charge on any atom is 0.308 e. The Morgan fingerprint density at radius 1 is 1.43 bits per heavy atom. The molecule has 0 spiro atoms. The van der Waals surface area contributed by atoms with Gasteiger partial charge in [-0.2, -0.15) is 0 Å². The zero-order valence-corrected chi connectivity index (χ0v) is 8.40. The molecule has 1 aliphatic rings. The second-order valence-corrected chi connectivity index (χ2v) is 3.55. The highest BCUT2D eigenvalue weighted by Gasteiger charge is 2.32. The van der Waals surface area contributed by atoms with Crippen LogP contribution in [0.15, 0.2) is 0 Å². The SMILES string of the molecule is CO[C@H]1C[C@@H](C(=O)O)CN(C(C)=O)C1. The third kappa shape index (κ3) is 2.45. The fourth-order valence-electron chi connectivity index (χ4n) is 1.66. The summed E-state index contributed by atoms with van der Waals surface area (Å²) in [4.78, 5) is 23.4. The Hall–Kier alpha value is -1.10. The van der Waals surface area contributed by atoms with Crippen LogP contribution in [0.4, 0.5) is 0 Å². The van der Waals surface area contributed by atoms with Crippen molar-refractivity contribution in [1.29, 1.82) is 0 Å². The number of carboxylic acids is 1. The van der Waals surface area contributed by atoms with E-state index in [1.165, 1.54) is 18.9 Å². The van der Waals surface area contributed by atoms with Gasteiger partial charge in [0, 0.05) is 27.1 Å². The molecule has 0 bridgehead atoms. The highest BCUT2D eigenvalue weighted by Crippen LogP contribution is 2.19. The molecule has 1 heterocycles. The smallest absolute Gasteiger partial charge is 0.308 e. The zero-order valence-electron chi connectivity index (χ0n) is 8.40. The fourth-order valence-corrected chi connectivity index (χ4v) is 1.66. The summed E-state index contributed by atoms with van der Waals surface area (Å²) in [6.07, 6.45) is 0.323. The number of piperidine rings is 1. The lowest BCUT2D eigenvalue weighted by molar-refractivity contribution is -0.148. The molecule has 0 unspecified atom stereocenters. The molecule has 1 rings (SSSR count). The number of rotatable bonds is 2. The number of amides is 1. The van der Waals surface area contributed by atoms with Crippen molar-refractivity contribution in [2.75, 3.05) is 20.2 Å². The highest BCUT2D eigenvalue weighted by molar-refractivity contribution is 5.76. The van der Waals surface area contributed by atoms with Gasteiger partial charge in [0.1, 0.15) is 0 Å². The summed E-state index contributed by atoms with van der Waals surface area (Å²) in [6.45, 7) is 2.23. The molecule has 1 saturated heterocycles. The van der Waals surface area contributed by atoms with Gasteiger partial charge < -0.3 is 14.7 Å². The van der Waals surface area contributed by atoms with Crippen molar-refractivity contribution in [3.05, 3.63) is 0 Å². The summed E-state index contributed by atoms with van der Waals surface area (Å²) in [5, 5.41) is 8.86. The average Bonchev–Trinajstić information content (AvgIpc) is 2.16. The summed E-state index contributed by atoms with van der Waals surface area (Å²) in [5.41, 5.74) is 0. The van der Waals surface area contributed by atoms with Gasteiger partial charge in [0.2, 0.25) is 5.91 Å². The number of likely N-dealkylation sites (tertiary alicyclic amines) is 1. The molecular weight excluding hydrogens is 186 g/mol. The lowest BCUT2D eigenvalue weighted by atomic mass is 9.96. The minimum atomic E-state index is -0.863. The molecule has 0 aromatic carbocycles. The van der Waals surface area contributed by atoms with E-state index in [2.05, 4.69) is 0 Å². The Labute approximate surface area is 82.6 Å². The third-order valence-corrected chi connectivity index (χ3v) is 2.54. The van der Waals surface area contributed by atoms with Crippen LogP contribution in [0.2, 0.25) is 0 Å². The number of hydrogen-bond donors (Lipinski definition) is 1. The number of aliphatic carboxylic acids is 1. The first kappa shape index (κ1) is 11.0. The number of nitrogens with zero attached hydrogens (tertiary/aromatic N) is 1. The summed E-state index contributed by atoms with van der Waals surface area (Å²) in [7, 11) is 1.53. The number of carbonyl (C=O) groups is 2. The van der Waals surface area contributed by atoms with E-state index < -0.39 is 11.9 Å². The molecule has 0 saturated carbocycles. The van der Waals surface area contributed by atoms with Gasteiger partial charge in [-0.25, -0.2) is 0 Å². The van der Waals surface area contributed by atoms with Crippen molar-refractivity contribution in [3.8, 4) is 0 Å². The Morgan fingerprint density at radius 3 is 2.50 bits per heavy atom. The van der Waals surface area contributed by atoms with Crippen LogP contribution in [0.25, 0.3) is 0 Å². The maximum absolute atomic E-state index is 11.1. The van der Waals surface area contributed by atoms with E-state index in [1.54, 1.807) is 0 Å². The van der Waals surface area contributed by atoms with Crippen LogP contribution in [0.1, 0.15) is 13.3 Å². The van der Waals surface area contributed by atoms with E-state index in [0.29, 0.717) is 19.5 Å². The normalized spacial score (nSPS) is 27.4. The lowest BCUT2D eigenvalue weighted by Gasteiger charge is -2.34. The van der Waals surface area contributed by atoms with Gasteiger partial charge >= 0.3 is 5.97 Å². The highest BCUT2D eigenvalue weighted by atomic mass is 16.5. The molecule has 0 aromatic heterocycles. The zero-order chi connectivity index (χ0) is 10.7. The summed E-state index contributed by atoms with van der Waals surface area (Å²) in [6, 6.07) is 0. The predicted molar refractivity (Wildman–Crippen MR) is 48.8 cm³/mol. The van der Waals surface area contributed by atoms with E-state index in [1.807, 2.05) is 0 Å². The first-order valence-corrected chi connectivity index (χ1v) is 4.55. The van der Waals surface area contributed by atoms with E-state index in [9.17, 15) is 9.59 Å². The molecule has 2 atom stereocenters. The van der Waals surface area contributed by atoms with Crippen molar-refractivity contribution in [3.63, 3.8) is 0 Å². The summed E-state index contributed by atoms with van der Waals surface area (Å²) < 4.78 is 5.09. The van der Waals surface area contributed by atoms with Crippen LogP contribution >= 0.6 is 0 Å². The van der Waals surface area contributed by atoms with Gasteiger partial charge in [0.15, 0.2) is 0 Å². The van der Waals surface area contributed by atoms with Crippen LogP contribution in [0.5, 0.6) is 0 Å². The molecular formula is C9H15NO4. The Kier molecular flexibility index (Phi) is 3.46. The van der Waals surface area contributed by atoms with Gasteiger partial charge in [0.25, 0.3) is 0 Å². The van der Waals surface area contributed by atoms with Crippen LogP contribution in [-0.4, -0.2) is 48.2 Å². The number of methoxy groups -OCH3 is 1. The van der Waals surface area contributed by atoms with Crippen molar-refractivity contribution < 1.29 is 19.4 Å². The van der Waals surface area contributed by atoms with Crippen LogP contribution < -0.4 is 0 Å². The number of ether oxygens (including phenoxy) is 1. The molecule has 5 heteroatoms. The summed E-state index contributed by atoms with van der Waals surface area (Å²) >= 11 is 0. The molecule has 1 fully saturated rings. The average molecular weight is 201 g/mol. The predicted octanol–water partition coefficient (Wildman–Crippen LogP) is -0.0456. The summed E-state index contributed by atoms with van der Waals surface area (Å²) in [5.74, 6) is -1.46. The minimum Gasteiger partial charge on any atom is -0.481 e. The van der Waals surface area contributed by atoms with Crippen LogP contribution in [0, 0.1) is 5.92 Å². The van der Waals surface area contributed by atoms with Crippen LogP contribution in [0.3, 0.4) is 0 Å². The van der Waals surface area contributed by atoms with Crippen molar-refractivity contribution >= 4 is 11.9 Å². The minimum absolute atomic E-state index is 0.0991. The van der Waals surface area contributed by atoms with Gasteiger partial charge in [-0.05, 0) is 6.42 Å². The first-order valence-electron chi connectivity index (χ1n) is 4.55. The monoisotopic (exact) mass is 201 g/mol. The fraction of sp³-hybridized carbons (Fsp3) is 0.778. The standard InChI is InChI=1S/C9H15NO4/c1-6(11)10-4-7(9(12)13)3-8(5-10)14-2/h7-8H,3-5H2,1-2H3,(H,12,13)/t7-,8+/m1/s1. The molecule has 1 aliphatic heterocycles. The van der Waals surface area contributed by atoms with Crippen molar-refractivity contribution in [2.24, 2.45) is 5.92 Å². The quantitative estimate of drug-likeness (QED) is 0.680. The van der Waals surface area contributed by atoms with Crippen molar-refractivity contribution in [2.45, 2.75) is 19.4 Å². The van der Waals surface area contributed by atoms with Crippen molar-refractivity contribution in [1.82, 2.24) is 4.90 Å². The van der Waals surface area contributed by atoms with Gasteiger partial charge in [0.05, 0.1) is 12.0 Å².